The van der Waals surface area contributed by atoms with Crippen LogP contribution in [0.3, 0.4) is 0 Å². The molecule has 13 nitrogen and oxygen atoms in total. The predicted molar refractivity (Wildman–Crippen MR) is 189 cm³/mol. The highest BCUT2D eigenvalue weighted by Gasteiger charge is 2.57. The Morgan fingerprint density at radius 3 is 2.22 bits per heavy atom. The Labute approximate surface area is 319 Å². The van der Waals surface area contributed by atoms with Crippen LogP contribution >= 0.6 is 23.2 Å². The number of hydrogen-bond donors (Lipinski definition) is 2. The van der Waals surface area contributed by atoms with Crippen LogP contribution in [-0.2, 0) is 34.1 Å². The van der Waals surface area contributed by atoms with Crippen molar-refractivity contribution in [2.75, 3.05) is 4.90 Å². The lowest BCUT2D eigenvalue weighted by atomic mass is 9.91. The monoisotopic (exact) mass is 797 g/mol. The maximum atomic E-state index is 14.4. The number of fused-ring (bicyclic) bond motifs is 1. The predicted octanol–water partition coefficient (Wildman–Crippen LogP) is 6.12. The molecule has 2 N–H and O–H groups in total. The number of nitrogens with one attached hydrogen (secondary N) is 2. The molecule has 2 aliphatic carbocycles. The molecule has 8 rings (SSSR count). The molecule has 3 amide bonds. The van der Waals surface area contributed by atoms with Crippen molar-refractivity contribution in [3.8, 4) is 17.0 Å². The Balaban J connectivity index is 1.07. The van der Waals surface area contributed by atoms with E-state index in [1.807, 2.05) is 6.20 Å². The van der Waals surface area contributed by atoms with E-state index in [0.717, 1.165) is 22.6 Å². The van der Waals surface area contributed by atoms with Gasteiger partial charge in [-0.1, -0.05) is 35.3 Å². The summed E-state index contributed by atoms with van der Waals surface area (Å²) in [5.41, 5.74) is -1.23. The molecule has 2 fully saturated rings. The number of halogens is 6. The SMILES string of the molecule is Cn1cc(-c2ccc(C3(NC(=O)C4(NC(=O)c5cnc6n5[C@](C)(Cc5ccc(OC(F)(F)F)cc5)C(=O)N6c5cc(Cl)c(F)c(Cl)c5)CC4)CC3)nn2)cn1. The van der Waals surface area contributed by atoms with Gasteiger partial charge in [0.2, 0.25) is 11.9 Å². The summed E-state index contributed by atoms with van der Waals surface area (Å²) in [7, 11) is 1.79. The summed E-state index contributed by atoms with van der Waals surface area (Å²) in [5.74, 6) is -3.13. The highest BCUT2D eigenvalue weighted by Crippen LogP contribution is 2.48. The van der Waals surface area contributed by atoms with Gasteiger partial charge in [0.15, 0.2) is 5.82 Å². The first kappa shape index (κ1) is 36.4. The summed E-state index contributed by atoms with van der Waals surface area (Å²) in [6.07, 6.45) is 1.62. The zero-order valence-corrected chi connectivity index (χ0v) is 30.4. The smallest absolute Gasteiger partial charge is 0.406 e. The molecule has 0 radical (unpaired) electrons. The normalized spacial score (nSPS) is 19.2. The van der Waals surface area contributed by atoms with Crippen LogP contribution in [0.25, 0.3) is 11.3 Å². The number of nitrogens with zero attached hydrogens (tertiary/aromatic N) is 7. The zero-order valence-electron chi connectivity index (χ0n) is 28.9. The molecule has 5 aromatic rings. The molecule has 3 aromatic heterocycles. The van der Waals surface area contributed by atoms with Gasteiger partial charge in [-0.15, -0.1) is 13.2 Å². The van der Waals surface area contributed by atoms with Gasteiger partial charge in [-0.05, 0) is 74.6 Å². The van der Waals surface area contributed by atoms with E-state index in [4.69, 9.17) is 23.2 Å². The van der Waals surface area contributed by atoms with Crippen molar-refractivity contribution in [3.05, 3.63) is 99.9 Å². The molecule has 1 aliphatic heterocycles. The average Bonchev–Trinajstić information content (AvgIpc) is 3.98. The number of imidazole rings is 1. The van der Waals surface area contributed by atoms with E-state index in [2.05, 4.69) is 35.7 Å². The second kappa shape index (κ2) is 12.8. The lowest BCUT2D eigenvalue weighted by molar-refractivity contribution is -0.274. The molecule has 2 aromatic carbocycles. The van der Waals surface area contributed by atoms with Crippen molar-refractivity contribution in [1.82, 2.24) is 40.2 Å². The fourth-order valence-electron chi connectivity index (χ4n) is 6.86. The number of rotatable bonds is 10. The number of carbonyl (C=O) groups is 3. The minimum absolute atomic E-state index is 0.0343. The van der Waals surface area contributed by atoms with Crippen LogP contribution in [0.1, 0.15) is 54.4 Å². The highest BCUT2D eigenvalue weighted by molar-refractivity contribution is 6.35. The van der Waals surface area contributed by atoms with E-state index in [1.165, 1.54) is 42.0 Å². The van der Waals surface area contributed by atoms with Crippen molar-refractivity contribution >= 4 is 52.6 Å². The molecule has 0 bridgehead atoms. The van der Waals surface area contributed by atoms with Crippen LogP contribution in [0.15, 0.2) is 67.1 Å². The largest absolute Gasteiger partial charge is 0.573 e. The number of hydrogen-bond acceptors (Lipinski definition) is 8. The molecule has 284 valence electrons. The van der Waals surface area contributed by atoms with Gasteiger partial charge in [-0.25, -0.2) is 14.3 Å². The number of aromatic nitrogens is 6. The fraction of sp³-hybridized carbons (Fsp3) is 0.306. The number of aryl methyl sites for hydroxylation is 1. The number of alkyl halides is 3. The summed E-state index contributed by atoms with van der Waals surface area (Å²) in [6.45, 7) is 1.53. The van der Waals surface area contributed by atoms with Gasteiger partial charge >= 0.3 is 6.36 Å². The molecule has 0 unspecified atom stereocenters. The summed E-state index contributed by atoms with van der Waals surface area (Å²) in [5, 5.41) is 18.1. The molecule has 1 atom stereocenters. The molecule has 19 heteroatoms. The number of carbonyl (C=O) groups excluding carboxylic acids is 3. The van der Waals surface area contributed by atoms with Crippen molar-refractivity contribution < 1.29 is 36.7 Å². The first-order valence-electron chi connectivity index (χ1n) is 16.9. The number of amides is 3. The minimum Gasteiger partial charge on any atom is -0.406 e. The minimum atomic E-state index is -4.91. The average molecular weight is 799 g/mol. The van der Waals surface area contributed by atoms with Crippen LogP contribution in [-0.4, -0.2) is 59.2 Å². The Bertz CT molecular complexity index is 2350. The number of ether oxygens (including phenoxy) is 1. The number of benzene rings is 2. The van der Waals surface area contributed by atoms with Crippen molar-refractivity contribution in [2.45, 2.75) is 62.0 Å². The van der Waals surface area contributed by atoms with E-state index in [1.54, 1.807) is 30.1 Å². The Morgan fingerprint density at radius 2 is 1.65 bits per heavy atom. The zero-order chi connectivity index (χ0) is 39.1. The number of anilines is 2. The molecule has 0 saturated heterocycles. The third-order valence-corrected chi connectivity index (χ3v) is 10.6. The van der Waals surface area contributed by atoms with Gasteiger partial charge in [0, 0.05) is 25.2 Å². The Hall–Kier alpha value is -5.55. The van der Waals surface area contributed by atoms with E-state index in [-0.39, 0.29) is 33.8 Å². The lowest BCUT2D eigenvalue weighted by Crippen LogP contribution is -2.52. The molecular weight excluding hydrogens is 769 g/mol. The van der Waals surface area contributed by atoms with E-state index >= 15 is 0 Å². The van der Waals surface area contributed by atoms with Crippen molar-refractivity contribution in [1.29, 1.82) is 0 Å². The summed E-state index contributed by atoms with van der Waals surface area (Å²) in [4.78, 5) is 47.9. The standard InChI is InChI=1S/C36H29Cl2F4N9O4/c1-33(15-19-3-5-22(6-4-19)55-36(40,41)42)31(54)50(21-13-23(37)28(39)24(38)14-21)32-43-17-26(51(32)33)29(52)45-35(11-12-35)30(53)46-34(9-10-34)27-8-7-25(47-48-27)20-16-44-49(2)18-20/h3-8,13-14,16-18H,9-12,15H2,1-2H3,(H,45,52)(H,46,53)/t33-/m1/s1. The Morgan fingerprint density at radius 1 is 0.964 bits per heavy atom. The van der Waals surface area contributed by atoms with Gasteiger partial charge in [-0.3, -0.25) is 23.6 Å². The first-order valence-corrected chi connectivity index (χ1v) is 17.7. The molecule has 55 heavy (non-hydrogen) atoms. The van der Waals surface area contributed by atoms with E-state index in [0.29, 0.717) is 42.6 Å². The van der Waals surface area contributed by atoms with Crippen molar-refractivity contribution in [3.63, 3.8) is 0 Å². The maximum absolute atomic E-state index is 14.4. The summed E-state index contributed by atoms with van der Waals surface area (Å²) >= 11 is 12.2. The lowest BCUT2D eigenvalue weighted by Gasteiger charge is -2.27. The second-order valence-electron chi connectivity index (χ2n) is 14.1. The van der Waals surface area contributed by atoms with Crippen LogP contribution in [0.2, 0.25) is 10.0 Å². The molecule has 3 aliphatic rings. The van der Waals surface area contributed by atoms with Gasteiger partial charge < -0.3 is 15.4 Å². The third kappa shape index (κ3) is 6.54. The molecular formula is C36H29Cl2F4N9O4. The quantitative estimate of drug-likeness (QED) is 0.127. The van der Waals surface area contributed by atoms with Crippen molar-refractivity contribution in [2.24, 2.45) is 7.05 Å². The van der Waals surface area contributed by atoms with Gasteiger partial charge in [0.25, 0.3) is 11.8 Å². The first-order chi connectivity index (χ1) is 26.0. The Kier molecular flexibility index (Phi) is 8.45. The maximum Gasteiger partial charge on any atom is 0.573 e. The van der Waals surface area contributed by atoms with Gasteiger partial charge in [-0.2, -0.15) is 15.3 Å². The van der Waals surface area contributed by atoms with Crippen LogP contribution in [0, 0.1) is 5.82 Å². The summed E-state index contributed by atoms with van der Waals surface area (Å²) < 4.78 is 59.9. The third-order valence-electron chi connectivity index (χ3n) is 10.1. The summed E-state index contributed by atoms with van der Waals surface area (Å²) in [6, 6.07) is 10.9. The molecule has 2 saturated carbocycles. The van der Waals surface area contributed by atoms with Crippen LogP contribution in [0.4, 0.5) is 29.2 Å². The van der Waals surface area contributed by atoms with Gasteiger partial charge in [0.05, 0.1) is 45.1 Å². The topological polar surface area (TPSA) is 149 Å². The molecule has 4 heterocycles. The second-order valence-corrected chi connectivity index (χ2v) is 14.9. The molecule has 0 spiro atoms. The van der Waals surface area contributed by atoms with Gasteiger partial charge in [0.1, 0.15) is 22.5 Å². The highest BCUT2D eigenvalue weighted by atomic mass is 35.5. The fourth-order valence-corrected chi connectivity index (χ4v) is 7.33. The van der Waals surface area contributed by atoms with Crippen LogP contribution < -0.4 is 20.3 Å². The van der Waals surface area contributed by atoms with E-state index < -0.39 is 52.3 Å². The van der Waals surface area contributed by atoms with Crippen LogP contribution in [0.5, 0.6) is 5.75 Å². The van der Waals surface area contributed by atoms with E-state index in [9.17, 15) is 31.9 Å².